The lowest BCUT2D eigenvalue weighted by molar-refractivity contribution is 0.505. The molecule has 30 heavy (non-hydrogen) atoms. The first kappa shape index (κ1) is 19.2. The van der Waals surface area contributed by atoms with Crippen molar-refractivity contribution in [2.45, 2.75) is 38.1 Å². The number of aromatic nitrogens is 5. The van der Waals surface area contributed by atoms with Crippen LogP contribution < -0.4 is 4.72 Å². The number of sulfonamides is 1. The highest BCUT2D eigenvalue weighted by Crippen LogP contribution is 2.39. The van der Waals surface area contributed by atoms with E-state index in [2.05, 4.69) is 31.8 Å². The van der Waals surface area contributed by atoms with Crippen LogP contribution in [0.1, 0.15) is 37.1 Å². The average Bonchev–Trinajstić information content (AvgIpc) is 3.44. The molecule has 3 aromatic heterocycles. The predicted octanol–water partition coefficient (Wildman–Crippen LogP) is 2.65. The SMILES string of the molecule is C[C@@H]1C[C@H](NS(=O)(=O)CCc2ccccc2)C[C@@H]1c1nnc2cnc3[nH]ccc3n12. The third kappa shape index (κ3) is 3.59. The van der Waals surface area contributed by atoms with Gasteiger partial charge in [0.2, 0.25) is 10.0 Å². The molecule has 1 fully saturated rings. The molecule has 1 aliphatic carbocycles. The van der Waals surface area contributed by atoms with Gasteiger partial charge in [-0.3, -0.25) is 4.40 Å². The molecule has 0 amide bonds. The molecule has 0 aliphatic heterocycles. The number of H-pyrrole nitrogens is 1. The van der Waals surface area contributed by atoms with Crippen LogP contribution in [0, 0.1) is 5.92 Å². The first-order valence-corrected chi connectivity index (χ1v) is 11.9. The fourth-order valence-corrected chi connectivity index (χ4v) is 5.87. The molecule has 9 heteroatoms. The zero-order chi connectivity index (χ0) is 20.7. The Balaban J connectivity index is 1.33. The van der Waals surface area contributed by atoms with Gasteiger partial charge in [-0.05, 0) is 36.8 Å². The summed E-state index contributed by atoms with van der Waals surface area (Å²) in [4.78, 5) is 7.49. The van der Waals surface area contributed by atoms with Crippen molar-refractivity contribution >= 4 is 26.8 Å². The van der Waals surface area contributed by atoms with Crippen LogP contribution in [0.4, 0.5) is 0 Å². The van der Waals surface area contributed by atoms with Crippen LogP contribution in [0.3, 0.4) is 0 Å². The van der Waals surface area contributed by atoms with Crippen LogP contribution in [0.5, 0.6) is 0 Å². The quantitative estimate of drug-likeness (QED) is 0.495. The highest BCUT2D eigenvalue weighted by atomic mass is 32.2. The molecule has 4 aromatic rings. The van der Waals surface area contributed by atoms with E-state index in [9.17, 15) is 8.42 Å². The summed E-state index contributed by atoms with van der Waals surface area (Å²) in [6.07, 6.45) is 5.56. The molecule has 3 atom stereocenters. The maximum absolute atomic E-state index is 12.7. The number of rotatable bonds is 6. The minimum Gasteiger partial charge on any atom is -0.345 e. The molecular weight excluding hydrogens is 400 g/mol. The third-order valence-corrected chi connectivity index (χ3v) is 7.46. The van der Waals surface area contributed by atoms with E-state index < -0.39 is 10.0 Å². The predicted molar refractivity (Wildman–Crippen MR) is 115 cm³/mol. The van der Waals surface area contributed by atoms with Crippen molar-refractivity contribution in [2.24, 2.45) is 5.92 Å². The van der Waals surface area contributed by atoms with Crippen LogP contribution >= 0.6 is 0 Å². The summed E-state index contributed by atoms with van der Waals surface area (Å²) in [6, 6.07) is 11.6. The van der Waals surface area contributed by atoms with E-state index in [-0.39, 0.29) is 17.7 Å². The Kier molecular flexibility index (Phi) is 4.79. The molecule has 1 aliphatic rings. The maximum atomic E-state index is 12.7. The van der Waals surface area contributed by atoms with Crippen molar-refractivity contribution in [1.82, 2.24) is 29.3 Å². The number of fused-ring (bicyclic) bond motifs is 3. The summed E-state index contributed by atoms with van der Waals surface area (Å²) < 4.78 is 30.3. The van der Waals surface area contributed by atoms with E-state index >= 15 is 0 Å². The summed E-state index contributed by atoms with van der Waals surface area (Å²) in [5, 5.41) is 8.73. The average molecular weight is 425 g/mol. The molecule has 156 valence electrons. The van der Waals surface area contributed by atoms with E-state index in [4.69, 9.17) is 0 Å². The van der Waals surface area contributed by atoms with Crippen molar-refractivity contribution in [3.8, 4) is 0 Å². The highest BCUT2D eigenvalue weighted by molar-refractivity contribution is 7.89. The molecule has 0 unspecified atom stereocenters. The minimum atomic E-state index is -3.35. The number of hydrogen-bond donors (Lipinski definition) is 2. The number of nitrogens with one attached hydrogen (secondary N) is 2. The fraction of sp³-hybridized carbons (Fsp3) is 0.381. The van der Waals surface area contributed by atoms with Crippen molar-refractivity contribution in [3.63, 3.8) is 0 Å². The normalized spacial score (nSPS) is 22.2. The lowest BCUT2D eigenvalue weighted by atomic mass is 9.97. The Bertz CT molecular complexity index is 1280. The van der Waals surface area contributed by atoms with Gasteiger partial charge in [0, 0.05) is 18.2 Å². The highest BCUT2D eigenvalue weighted by Gasteiger charge is 2.37. The van der Waals surface area contributed by atoms with Gasteiger partial charge in [-0.15, -0.1) is 10.2 Å². The Morgan fingerprint density at radius 1 is 1.17 bits per heavy atom. The molecule has 1 aromatic carbocycles. The van der Waals surface area contributed by atoms with Crippen LogP contribution in [-0.2, 0) is 16.4 Å². The minimum absolute atomic E-state index is 0.0933. The Labute approximate surface area is 174 Å². The summed E-state index contributed by atoms with van der Waals surface area (Å²) in [7, 11) is -3.35. The summed E-state index contributed by atoms with van der Waals surface area (Å²) in [5.41, 5.74) is 3.45. The topological polar surface area (TPSA) is 105 Å². The molecule has 3 heterocycles. The smallest absolute Gasteiger partial charge is 0.212 e. The van der Waals surface area contributed by atoms with Gasteiger partial charge in [-0.25, -0.2) is 18.1 Å². The first-order valence-electron chi connectivity index (χ1n) is 10.2. The zero-order valence-electron chi connectivity index (χ0n) is 16.7. The second-order valence-corrected chi connectivity index (χ2v) is 10.0. The molecular formula is C21H24N6O2S. The van der Waals surface area contributed by atoms with Crippen LogP contribution in [0.2, 0.25) is 0 Å². The van der Waals surface area contributed by atoms with E-state index in [1.165, 1.54) is 0 Å². The number of aryl methyl sites for hydroxylation is 1. The zero-order valence-corrected chi connectivity index (χ0v) is 17.5. The van der Waals surface area contributed by atoms with Crippen LogP contribution in [-0.4, -0.2) is 44.8 Å². The summed E-state index contributed by atoms with van der Waals surface area (Å²) in [6.45, 7) is 2.15. The standard InChI is InChI=1S/C21H24N6O2S/c1-14-11-16(26-30(28,29)10-8-15-5-3-2-4-6-15)12-17(14)21-25-24-19-13-23-20-18(27(19)21)7-9-22-20/h2-7,9,13-14,16-17,22,26H,8,10-12H2,1H3/t14-,16+,17+/m1/s1. The van der Waals surface area contributed by atoms with Gasteiger partial charge < -0.3 is 4.98 Å². The third-order valence-electron chi connectivity index (χ3n) is 6.03. The first-order chi connectivity index (χ1) is 14.5. The monoisotopic (exact) mass is 424 g/mol. The maximum Gasteiger partial charge on any atom is 0.212 e. The second-order valence-electron chi connectivity index (χ2n) is 8.15. The second kappa shape index (κ2) is 7.48. The van der Waals surface area contributed by atoms with Crippen LogP contribution in [0.15, 0.2) is 48.8 Å². The van der Waals surface area contributed by atoms with Crippen molar-refractivity contribution in [2.75, 3.05) is 5.75 Å². The lowest BCUT2D eigenvalue weighted by Crippen LogP contribution is -2.35. The summed E-state index contributed by atoms with van der Waals surface area (Å²) >= 11 is 0. The molecule has 0 spiro atoms. The molecule has 0 bridgehead atoms. The molecule has 8 nitrogen and oxygen atoms in total. The van der Waals surface area contributed by atoms with Crippen molar-refractivity contribution < 1.29 is 8.42 Å². The van der Waals surface area contributed by atoms with Gasteiger partial charge in [-0.1, -0.05) is 37.3 Å². The fourth-order valence-electron chi connectivity index (χ4n) is 4.55. The number of hydrogen-bond acceptors (Lipinski definition) is 5. The number of nitrogens with zero attached hydrogens (tertiary/aromatic N) is 4. The number of aromatic amines is 1. The summed E-state index contributed by atoms with van der Waals surface area (Å²) in [5.74, 6) is 1.38. The Hall–Kier alpha value is -2.78. The number of benzene rings is 1. The van der Waals surface area contributed by atoms with Gasteiger partial charge in [0.05, 0.1) is 17.5 Å². The molecule has 1 saturated carbocycles. The molecule has 0 saturated heterocycles. The molecule has 2 N–H and O–H groups in total. The van der Waals surface area contributed by atoms with Gasteiger partial charge >= 0.3 is 0 Å². The van der Waals surface area contributed by atoms with Crippen LogP contribution in [0.25, 0.3) is 16.8 Å². The largest absolute Gasteiger partial charge is 0.345 e. The van der Waals surface area contributed by atoms with Gasteiger partial charge in [0.1, 0.15) is 5.82 Å². The van der Waals surface area contributed by atoms with Crippen molar-refractivity contribution in [1.29, 1.82) is 0 Å². The van der Waals surface area contributed by atoms with Gasteiger partial charge in [0.25, 0.3) is 0 Å². The van der Waals surface area contributed by atoms with E-state index in [1.54, 1.807) is 6.20 Å². The van der Waals surface area contributed by atoms with Gasteiger partial charge in [0.15, 0.2) is 11.3 Å². The Morgan fingerprint density at radius 2 is 2.00 bits per heavy atom. The molecule has 0 radical (unpaired) electrons. The molecule has 5 rings (SSSR count). The van der Waals surface area contributed by atoms with E-state index in [0.717, 1.165) is 29.0 Å². The van der Waals surface area contributed by atoms with Gasteiger partial charge in [-0.2, -0.15) is 0 Å². The van der Waals surface area contributed by atoms with Crippen molar-refractivity contribution in [3.05, 3.63) is 60.2 Å². The Morgan fingerprint density at radius 3 is 2.83 bits per heavy atom. The lowest BCUT2D eigenvalue weighted by Gasteiger charge is -2.14. The van der Waals surface area contributed by atoms with E-state index in [1.807, 2.05) is 47.0 Å². The van der Waals surface area contributed by atoms with E-state index in [0.29, 0.717) is 24.4 Å².